The number of para-hydroxylation sites is 1. The maximum absolute atomic E-state index is 12.7. The quantitative estimate of drug-likeness (QED) is 0.261. The summed E-state index contributed by atoms with van der Waals surface area (Å²) in [5.74, 6) is 1.79. The molecular weight excluding hydrogens is 466 g/mol. The van der Waals surface area contributed by atoms with Crippen molar-refractivity contribution in [3.63, 3.8) is 0 Å². The molecule has 0 fully saturated rings. The van der Waals surface area contributed by atoms with Crippen LogP contribution in [-0.2, 0) is 6.42 Å². The molecule has 190 valence electrons. The molecule has 4 aromatic rings. The highest BCUT2D eigenvalue weighted by molar-refractivity contribution is 5.95. The summed E-state index contributed by atoms with van der Waals surface area (Å²) in [5.41, 5.74) is 4.27. The molecule has 4 rings (SSSR count). The van der Waals surface area contributed by atoms with Crippen LogP contribution in [0.15, 0.2) is 91.0 Å². The first-order valence-electron chi connectivity index (χ1n) is 12.1. The van der Waals surface area contributed by atoms with Crippen LogP contribution in [0.4, 0.5) is 5.69 Å². The van der Waals surface area contributed by atoms with Crippen LogP contribution >= 0.6 is 0 Å². The number of nitrogens with zero attached hydrogens (tertiary/aromatic N) is 1. The average molecular weight is 498 g/mol. The van der Waals surface area contributed by atoms with E-state index in [-0.39, 0.29) is 5.91 Å². The predicted molar refractivity (Wildman–Crippen MR) is 146 cm³/mol. The zero-order valence-electron chi connectivity index (χ0n) is 21.1. The number of carbonyl (C=O) groups is 1. The molecule has 7 nitrogen and oxygen atoms in total. The van der Waals surface area contributed by atoms with Gasteiger partial charge in [0.25, 0.3) is 5.91 Å². The highest BCUT2D eigenvalue weighted by Crippen LogP contribution is 2.28. The first kappa shape index (κ1) is 25.6. The summed E-state index contributed by atoms with van der Waals surface area (Å²) in [6.45, 7) is 1.62. The second-order valence-corrected chi connectivity index (χ2v) is 8.28. The Morgan fingerprint density at radius 3 is 2.43 bits per heavy atom. The van der Waals surface area contributed by atoms with Gasteiger partial charge in [0, 0.05) is 42.4 Å². The van der Waals surface area contributed by atoms with Gasteiger partial charge in [-0.2, -0.15) is 0 Å². The number of pyridine rings is 1. The van der Waals surface area contributed by atoms with Gasteiger partial charge in [0.05, 0.1) is 26.5 Å². The number of nitrogens with one attached hydrogen (secondary N) is 2. The van der Waals surface area contributed by atoms with Crippen molar-refractivity contribution in [1.82, 2.24) is 10.3 Å². The molecule has 0 bridgehead atoms. The van der Waals surface area contributed by atoms with E-state index in [1.807, 2.05) is 84.9 Å². The van der Waals surface area contributed by atoms with E-state index in [1.165, 1.54) is 0 Å². The van der Waals surface area contributed by atoms with Crippen LogP contribution < -0.4 is 24.8 Å². The van der Waals surface area contributed by atoms with Crippen molar-refractivity contribution in [3.8, 4) is 28.6 Å². The van der Waals surface area contributed by atoms with Crippen LogP contribution in [0.3, 0.4) is 0 Å². The van der Waals surface area contributed by atoms with E-state index in [0.717, 1.165) is 22.5 Å². The number of hydrogen-bond donors (Lipinski definition) is 2. The summed E-state index contributed by atoms with van der Waals surface area (Å²) in [4.78, 5) is 17.3. The van der Waals surface area contributed by atoms with E-state index < -0.39 is 0 Å². The largest absolute Gasteiger partial charge is 0.493 e. The lowest BCUT2D eigenvalue weighted by molar-refractivity contribution is 0.0955. The molecule has 0 spiro atoms. The highest BCUT2D eigenvalue weighted by Gasteiger charge is 2.09. The maximum atomic E-state index is 12.7. The van der Waals surface area contributed by atoms with Crippen LogP contribution in [0.25, 0.3) is 11.3 Å². The van der Waals surface area contributed by atoms with Gasteiger partial charge >= 0.3 is 0 Å². The average Bonchev–Trinajstić information content (AvgIpc) is 2.96. The van der Waals surface area contributed by atoms with Gasteiger partial charge in [0.2, 0.25) is 5.88 Å². The third-order valence-corrected chi connectivity index (χ3v) is 5.75. The van der Waals surface area contributed by atoms with Gasteiger partial charge in [-0.25, -0.2) is 4.98 Å². The molecule has 0 radical (unpaired) electrons. The number of amides is 1. The first-order chi connectivity index (χ1) is 18.2. The first-order valence-corrected chi connectivity index (χ1v) is 12.1. The van der Waals surface area contributed by atoms with E-state index in [2.05, 4.69) is 15.6 Å². The monoisotopic (exact) mass is 497 g/mol. The van der Waals surface area contributed by atoms with Crippen LogP contribution in [0.5, 0.6) is 17.4 Å². The zero-order valence-corrected chi connectivity index (χ0v) is 21.1. The molecule has 1 amide bonds. The van der Waals surface area contributed by atoms with Crippen molar-refractivity contribution in [2.24, 2.45) is 0 Å². The van der Waals surface area contributed by atoms with Gasteiger partial charge in [0.1, 0.15) is 0 Å². The number of hydrogen-bond acceptors (Lipinski definition) is 6. The summed E-state index contributed by atoms with van der Waals surface area (Å²) < 4.78 is 16.6. The highest BCUT2D eigenvalue weighted by atomic mass is 16.5. The summed E-state index contributed by atoms with van der Waals surface area (Å²) in [5, 5.41) is 6.24. The molecule has 0 atom stereocenters. The molecule has 3 aromatic carbocycles. The minimum atomic E-state index is -0.126. The number of carbonyl (C=O) groups excluding carboxylic acids is 1. The lowest BCUT2D eigenvalue weighted by atomic mass is 10.1. The van der Waals surface area contributed by atoms with Gasteiger partial charge in [-0.05, 0) is 48.0 Å². The molecular formula is C30H31N3O4. The Kier molecular flexibility index (Phi) is 8.97. The minimum absolute atomic E-state index is 0.126. The van der Waals surface area contributed by atoms with Crippen LogP contribution in [0.2, 0.25) is 0 Å². The van der Waals surface area contributed by atoms with E-state index in [4.69, 9.17) is 14.2 Å². The smallest absolute Gasteiger partial charge is 0.251 e. The molecule has 0 aliphatic rings. The summed E-state index contributed by atoms with van der Waals surface area (Å²) in [6.07, 6.45) is 0.695. The van der Waals surface area contributed by atoms with Crippen molar-refractivity contribution >= 4 is 11.6 Å². The predicted octanol–water partition coefficient (Wildman–Crippen LogP) is 5.23. The number of benzene rings is 3. The molecule has 0 aliphatic carbocycles. The molecule has 0 unspecified atom stereocenters. The van der Waals surface area contributed by atoms with Gasteiger partial charge < -0.3 is 24.8 Å². The SMILES string of the molecule is COc1ccc(CCOc2cccc(-c3cccc(C(=O)NCCNc4ccccc4)c3)n2)cc1OC. The third kappa shape index (κ3) is 7.24. The lowest BCUT2D eigenvalue weighted by Crippen LogP contribution is -2.28. The summed E-state index contributed by atoms with van der Waals surface area (Å²) in [7, 11) is 3.24. The van der Waals surface area contributed by atoms with E-state index >= 15 is 0 Å². The fourth-order valence-corrected chi connectivity index (χ4v) is 3.83. The Morgan fingerprint density at radius 1 is 0.811 bits per heavy atom. The van der Waals surface area contributed by atoms with Crippen LogP contribution in [-0.4, -0.2) is 44.8 Å². The molecule has 0 saturated heterocycles. The van der Waals surface area contributed by atoms with Crippen molar-refractivity contribution in [2.45, 2.75) is 6.42 Å². The Labute approximate surface area is 217 Å². The number of ether oxygens (including phenoxy) is 3. The topological polar surface area (TPSA) is 81.7 Å². The zero-order chi connectivity index (χ0) is 25.9. The van der Waals surface area contributed by atoms with Gasteiger partial charge in [-0.15, -0.1) is 0 Å². The Bertz CT molecular complexity index is 1310. The van der Waals surface area contributed by atoms with Gasteiger partial charge in [0.15, 0.2) is 11.5 Å². The molecule has 1 heterocycles. The van der Waals surface area contributed by atoms with E-state index in [1.54, 1.807) is 20.3 Å². The second kappa shape index (κ2) is 13.0. The third-order valence-electron chi connectivity index (χ3n) is 5.75. The van der Waals surface area contributed by atoms with E-state index in [0.29, 0.717) is 49.1 Å². The van der Waals surface area contributed by atoms with Crippen LogP contribution in [0, 0.1) is 0 Å². The Hall–Kier alpha value is -4.52. The van der Waals surface area contributed by atoms with Crippen molar-refractivity contribution in [3.05, 3.63) is 102 Å². The molecule has 0 aliphatic heterocycles. The summed E-state index contributed by atoms with van der Waals surface area (Å²) >= 11 is 0. The fraction of sp³-hybridized carbons (Fsp3) is 0.200. The molecule has 2 N–H and O–H groups in total. The van der Waals surface area contributed by atoms with Crippen molar-refractivity contribution in [1.29, 1.82) is 0 Å². The van der Waals surface area contributed by atoms with E-state index in [9.17, 15) is 4.79 Å². The minimum Gasteiger partial charge on any atom is -0.493 e. The van der Waals surface area contributed by atoms with Crippen LogP contribution in [0.1, 0.15) is 15.9 Å². The molecule has 0 saturated carbocycles. The lowest BCUT2D eigenvalue weighted by Gasteiger charge is -2.11. The normalized spacial score (nSPS) is 10.4. The molecule has 7 heteroatoms. The Balaban J connectivity index is 1.32. The summed E-state index contributed by atoms with van der Waals surface area (Å²) in [6, 6.07) is 28.8. The molecule has 1 aromatic heterocycles. The number of anilines is 1. The number of rotatable bonds is 12. The fourth-order valence-electron chi connectivity index (χ4n) is 3.83. The molecule has 37 heavy (non-hydrogen) atoms. The van der Waals surface area contributed by atoms with Gasteiger partial charge in [-0.1, -0.05) is 42.5 Å². The van der Waals surface area contributed by atoms with Crippen molar-refractivity contribution < 1.29 is 19.0 Å². The maximum Gasteiger partial charge on any atom is 0.251 e. The number of aromatic nitrogens is 1. The van der Waals surface area contributed by atoms with Crippen molar-refractivity contribution in [2.75, 3.05) is 39.2 Å². The second-order valence-electron chi connectivity index (χ2n) is 8.28. The number of methoxy groups -OCH3 is 2. The Morgan fingerprint density at radius 2 is 1.62 bits per heavy atom. The van der Waals surface area contributed by atoms with Gasteiger partial charge in [-0.3, -0.25) is 4.79 Å². The standard InChI is InChI=1S/C30H31N3O4/c1-35-27-15-14-22(20-28(27)36-2)16-19-37-29-13-7-12-26(33-29)23-8-6-9-24(21-23)30(34)32-18-17-31-25-10-4-3-5-11-25/h3-15,20-21,31H,16-19H2,1-2H3,(H,32,34).